The van der Waals surface area contributed by atoms with Crippen LogP contribution in [0.5, 0.6) is 0 Å². The number of piperazine rings is 1. The topological polar surface area (TPSA) is 78.5 Å². The number of nitrogens with one attached hydrogen (secondary N) is 2. The molecule has 0 radical (unpaired) electrons. The SMILES string of the molecule is Cc1ccc(C(=O)N2CCNC(=O)C2C)cc1NC(=O)c1ccccc1. The Balaban J connectivity index is 1.82. The van der Waals surface area contributed by atoms with Gasteiger partial charge in [-0.3, -0.25) is 14.4 Å². The van der Waals surface area contributed by atoms with Gasteiger partial charge in [0, 0.05) is 29.9 Å². The summed E-state index contributed by atoms with van der Waals surface area (Å²) in [6, 6.07) is 13.6. The number of anilines is 1. The minimum atomic E-state index is -0.514. The van der Waals surface area contributed by atoms with Gasteiger partial charge in [-0.15, -0.1) is 0 Å². The molecule has 1 atom stereocenters. The van der Waals surface area contributed by atoms with E-state index in [0.29, 0.717) is 29.9 Å². The maximum absolute atomic E-state index is 12.8. The molecule has 3 rings (SSSR count). The zero-order valence-corrected chi connectivity index (χ0v) is 14.8. The summed E-state index contributed by atoms with van der Waals surface area (Å²) < 4.78 is 0. The fourth-order valence-electron chi connectivity index (χ4n) is 2.90. The number of aryl methyl sites for hydroxylation is 1. The van der Waals surface area contributed by atoms with E-state index < -0.39 is 6.04 Å². The Kier molecular flexibility index (Phi) is 5.02. The van der Waals surface area contributed by atoms with Crippen molar-refractivity contribution in [3.8, 4) is 0 Å². The third-order valence-corrected chi connectivity index (χ3v) is 4.53. The molecule has 2 aromatic rings. The number of carbonyl (C=O) groups is 3. The Morgan fingerprint density at radius 1 is 1.12 bits per heavy atom. The van der Waals surface area contributed by atoms with Crippen molar-refractivity contribution in [3.63, 3.8) is 0 Å². The van der Waals surface area contributed by atoms with Crippen LogP contribution in [-0.2, 0) is 4.79 Å². The fraction of sp³-hybridized carbons (Fsp3) is 0.250. The molecular formula is C20H21N3O3. The van der Waals surface area contributed by atoms with Gasteiger partial charge >= 0.3 is 0 Å². The van der Waals surface area contributed by atoms with Crippen molar-refractivity contribution < 1.29 is 14.4 Å². The van der Waals surface area contributed by atoms with Crippen LogP contribution in [0.25, 0.3) is 0 Å². The molecule has 0 bridgehead atoms. The summed E-state index contributed by atoms with van der Waals surface area (Å²) in [5.41, 5.74) is 2.43. The van der Waals surface area contributed by atoms with Crippen LogP contribution in [0.4, 0.5) is 5.69 Å². The Morgan fingerprint density at radius 3 is 2.58 bits per heavy atom. The Morgan fingerprint density at radius 2 is 1.85 bits per heavy atom. The monoisotopic (exact) mass is 351 g/mol. The molecule has 2 aromatic carbocycles. The molecule has 0 spiro atoms. The van der Waals surface area contributed by atoms with E-state index in [2.05, 4.69) is 10.6 Å². The number of benzene rings is 2. The Labute approximate surface area is 152 Å². The van der Waals surface area contributed by atoms with Crippen molar-refractivity contribution in [3.05, 3.63) is 65.2 Å². The van der Waals surface area contributed by atoms with Gasteiger partial charge in [-0.25, -0.2) is 0 Å². The van der Waals surface area contributed by atoms with E-state index in [1.54, 1.807) is 54.3 Å². The molecule has 1 fully saturated rings. The first-order valence-electron chi connectivity index (χ1n) is 8.53. The normalized spacial score (nSPS) is 16.8. The number of rotatable bonds is 3. The van der Waals surface area contributed by atoms with Gasteiger partial charge in [0.25, 0.3) is 11.8 Å². The predicted octanol–water partition coefficient (Wildman–Crippen LogP) is 2.21. The molecular weight excluding hydrogens is 330 g/mol. The third-order valence-electron chi connectivity index (χ3n) is 4.53. The molecule has 1 aliphatic heterocycles. The first-order chi connectivity index (χ1) is 12.5. The van der Waals surface area contributed by atoms with Gasteiger partial charge in [-0.1, -0.05) is 24.3 Å². The van der Waals surface area contributed by atoms with Gasteiger partial charge in [0.05, 0.1) is 0 Å². The highest BCUT2D eigenvalue weighted by Crippen LogP contribution is 2.20. The lowest BCUT2D eigenvalue weighted by molar-refractivity contribution is -0.127. The number of amides is 3. The van der Waals surface area contributed by atoms with Crippen LogP contribution in [0.3, 0.4) is 0 Å². The van der Waals surface area contributed by atoms with Gasteiger partial charge in [0.15, 0.2) is 0 Å². The first kappa shape index (κ1) is 17.7. The zero-order valence-electron chi connectivity index (χ0n) is 14.8. The second kappa shape index (κ2) is 7.39. The van der Waals surface area contributed by atoms with E-state index in [4.69, 9.17) is 0 Å². The lowest BCUT2D eigenvalue weighted by Gasteiger charge is -2.33. The Bertz CT molecular complexity index is 849. The molecule has 26 heavy (non-hydrogen) atoms. The van der Waals surface area contributed by atoms with Crippen molar-refractivity contribution in [2.75, 3.05) is 18.4 Å². The summed E-state index contributed by atoms with van der Waals surface area (Å²) in [4.78, 5) is 38.5. The van der Waals surface area contributed by atoms with Crippen LogP contribution >= 0.6 is 0 Å². The molecule has 0 saturated carbocycles. The minimum Gasteiger partial charge on any atom is -0.353 e. The molecule has 134 valence electrons. The molecule has 2 N–H and O–H groups in total. The molecule has 1 saturated heterocycles. The maximum Gasteiger partial charge on any atom is 0.255 e. The summed E-state index contributed by atoms with van der Waals surface area (Å²) in [7, 11) is 0. The van der Waals surface area contributed by atoms with E-state index in [1.807, 2.05) is 13.0 Å². The second-order valence-corrected chi connectivity index (χ2v) is 6.32. The van der Waals surface area contributed by atoms with Crippen molar-refractivity contribution in [1.82, 2.24) is 10.2 Å². The summed E-state index contributed by atoms with van der Waals surface area (Å²) in [5.74, 6) is -0.610. The van der Waals surface area contributed by atoms with Crippen LogP contribution in [0.2, 0.25) is 0 Å². The van der Waals surface area contributed by atoms with E-state index in [-0.39, 0.29) is 17.7 Å². The molecule has 3 amide bonds. The first-order valence-corrected chi connectivity index (χ1v) is 8.53. The van der Waals surface area contributed by atoms with Crippen molar-refractivity contribution in [2.24, 2.45) is 0 Å². The lowest BCUT2D eigenvalue weighted by atomic mass is 10.1. The Hall–Kier alpha value is -3.15. The van der Waals surface area contributed by atoms with Gasteiger partial charge in [0.1, 0.15) is 6.04 Å². The van der Waals surface area contributed by atoms with Crippen molar-refractivity contribution in [2.45, 2.75) is 19.9 Å². The van der Waals surface area contributed by atoms with Gasteiger partial charge in [-0.2, -0.15) is 0 Å². The summed E-state index contributed by atoms with van der Waals surface area (Å²) in [6.07, 6.45) is 0. The minimum absolute atomic E-state index is 0.158. The van der Waals surface area contributed by atoms with Gasteiger partial charge in [0.2, 0.25) is 5.91 Å². The highest BCUT2D eigenvalue weighted by atomic mass is 16.2. The molecule has 1 unspecified atom stereocenters. The average Bonchev–Trinajstić information content (AvgIpc) is 2.66. The highest BCUT2D eigenvalue weighted by molar-refractivity contribution is 6.05. The predicted molar refractivity (Wildman–Crippen MR) is 99.1 cm³/mol. The average molecular weight is 351 g/mol. The van der Waals surface area contributed by atoms with Crippen LogP contribution in [-0.4, -0.2) is 41.8 Å². The summed E-state index contributed by atoms with van der Waals surface area (Å²) in [6.45, 7) is 4.48. The lowest BCUT2D eigenvalue weighted by Crippen LogP contribution is -2.55. The number of carbonyl (C=O) groups excluding carboxylic acids is 3. The number of hydrogen-bond donors (Lipinski definition) is 2. The molecule has 6 nitrogen and oxygen atoms in total. The van der Waals surface area contributed by atoms with Crippen LogP contribution in [0, 0.1) is 6.92 Å². The fourth-order valence-corrected chi connectivity index (χ4v) is 2.90. The van der Waals surface area contributed by atoms with E-state index in [0.717, 1.165) is 5.56 Å². The number of hydrogen-bond acceptors (Lipinski definition) is 3. The van der Waals surface area contributed by atoms with E-state index >= 15 is 0 Å². The molecule has 1 heterocycles. The summed E-state index contributed by atoms with van der Waals surface area (Å²) >= 11 is 0. The van der Waals surface area contributed by atoms with Crippen molar-refractivity contribution >= 4 is 23.4 Å². The highest BCUT2D eigenvalue weighted by Gasteiger charge is 2.30. The van der Waals surface area contributed by atoms with E-state index in [9.17, 15) is 14.4 Å². The maximum atomic E-state index is 12.8. The third kappa shape index (κ3) is 3.59. The smallest absolute Gasteiger partial charge is 0.255 e. The van der Waals surface area contributed by atoms with E-state index in [1.165, 1.54) is 0 Å². The quantitative estimate of drug-likeness (QED) is 0.890. The number of nitrogens with zero attached hydrogens (tertiary/aromatic N) is 1. The van der Waals surface area contributed by atoms with Crippen LogP contribution < -0.4 is 10.6 Å². The summed E-state index contributed by atoms with van der Waals surface area (Å²) in [5, 5.41) is 5.60. The van der Waals surface area contributed by atoms with Gasteiger partial charge in [-0.05, 0) is 43.7 Å². The van der Waals surface area contributed by atoms with Crippen LogP contribution in [0.1, 0.15) is 33.2 Å². The molecule has 6 heteroatoms. The zero-order chi connectivity index (χ0) is 18.7. The van der Waals surface area contributed by atoms with Crippen molar-refractivity contribution in [1.29, 1.82) is 0 Å². The molecule has 1 aliphatic rings. The second-order valence-electron chi connectivity index (χ2n) is 6.32. The van der Waals surface area contributed by atoms with Gasteiger partial charge < -0.3 is 15.5 Å². The standard InChI is InChI=1S/C20H21N3O3/c1-13-8-9-16(20(26)23-11-10-21-18(24)14(23)2)12-17(13)22-19(25)15-6-4-3-5-7-15/h3-9,12,14H,10-11H2,1-2H3,(H,21,24)(H,22,25). The molecule has 0 aliphatic carbocycles. The van der Waals surface area contributed by atoms with Crippen LogP contribution in [0.15, 0.2) is 48.5 Å². The molecule has 0 aromatic heterocycles. The largest absolute Gasteiger partial charge is 0.353 e.